The van der Waals surface area contributed by atoms with E-state index in [9.17, 15) is 9.18 Å². The first-order valence-electron chi connectivity index (χ1n) is 8.50. The second-order valence-electron chi connectivity index (χ2n) is 6.26. The summed E-state index contributed by atoms with van der Waals surface area (Å²) in [6, 6.07) is 12.4. The van der Waals surface area contributed by atoms with Crippen LogP contribution >= 0.6 is 11.3 Å². The number of aromatic nitrogens is 1. The molecule has 1 aliphatic heterocycles. The van der Waals surface area contributed by atoms with Gasteiger partial charge in [0.15, 0.2) is 0 Å². The van der Waals surface area contributed by atoms with Crippen molar-refractivity contribution in [2.75, 3.05) is 18.1 Å². The number of benzene rings is 2. The van der Waals surface area contributed by atoms with Crippen LogP contribution < -0.4 is 4.90 Å². The van der Waals surface area contributed by atoms with Crippen molar-refractivity contribution >= 4 is 23.1 Å². The van der Waals surface area contributed by atoms with Gasteiger partial charge in [-0.15, -0.1) is 11.3 Å². The summed E-state index contributed by atoms with van der Waals surface area (Å²) in [7, 11) is 0. The SMILES string of the molecule is O=C1O[C@@H](CO)CN1c1ccc(-c2ccc(Cc3nccs3)cc2)c(F)c1. The van der Waals surface area contributed by atoms with E-state index in [0.717, 1.165) is 22.6 Å². The van der Waals surface area contributed by atoms with Crippen LogP contribution in [0.2, 0.25) is 0 Å². The van der Waals surface area contributed by atoms with Gasteiger partial charge in [0.25, 0.3) is 0 Å². The number of ether oxygens (including phenoxy) is 1. The van der Waals surface area contributed by atoms with Crippen molar-refractivity contribution in [3.05, 3.63) is 70.4 Å². The zero-order chi connectivity index (χ0) is 18.8. The highest BCUT2D eigenvalue weighted by Crippen LogP contribution is 2.29. The molecule has 1 fully saturated rings. The zero-order valence-corrected chi connectivity index (χ0v) is 15.2. The number of rotatable bonds is 5. The van der Waals surface area contributed by atoms with Crippen molar-refractivity contribution in [1.82, 2.24) is 4.98 Å². The molecule has 5 nitrogen and oxygen atoms in total. The van der Waals surface area contributed by atoms with Crippen LogP contribution in [-0.2, 0) is 11.2 Å². The maximum atomic E-state index is 14.7. The Balaban J connectivity index is 1.53. The fourth-order valence-electron chi connectivity index (χ4n) is 3.05. The second-order valence-corrected chi connectivity index (χ2v) is 7.24. The molecule has 2 heterocycles. The van der Waals surface area contributed by atoms with E-state index < -0.39 is 18.0 Å². The van der Waals surface area contributed by atoms with Crippen LogP contribution in [0.5, 0.6) is 0 Å². The van der Waals surface area contributed by atoms with Crippen LogP contribution in [0.15, 0.2) is 54.0 Å². The lowest BCUT2D eigenvalue weighted by atomic mass is 10.0. The number of hydrogen-bond donors (Lipinski definition) is 1. The Bertz CT molecular complexity index is 944. The lowest BCUT2D eigenvalue weighted by Crippen LogP contribution is -2.25. The van der Waals surface area contributed by atoms with Gasteiger partial charge in [-0.1, -0.05) is 24.3 Å². The Hall–Kier alpha value is -2.77. The third-order valence-corrected chi connectivity index (χ3v) is 5.23. The molecule has 1 atom stereocenters. The van der Waals surface area contributed by atoms with E-state index in [1.165, 1.54) is 11.0 Å². The summed E-state index contributed by atoms with van der Waals surface area (Å²) >= 11 is 1.61. The molecule has 0 unspecified atom stereocenters. The molecular weight excluding hydrogens is 367 g/mol. The van der Waals surface area contributed by atoms with Crippen LogP contribution in [-0.4, -0.2) is 35.4 Å². The summed E-state index contributed by atoms with van der Waals surface area (Å²) in [5.41, 5.74) is 2.75. The zero-order valence-electron chi connectivity index (χ0n) is 14.3. The van der Waals surface area contributed by atoms with E-state index in [2.05, 4.69) is 4.98 Å². The predicted molar refractivity (Wildman–Crippen MR) is 101 cm³/mol. The molecule has 7 heteroatoms. The van der Waals surface area contributed by atoms with Gasteiger partial charge < -0.3 is 9.84 Å². The van der Waals surface area contributed by atoms with Crippen LogP contribution in [0, 0.1) is 5.82 Å². The van der Waals surface area contributed by atoms with Gasteiger partial charge in [-0.25, -0.2) is 14.2 Å². The summed E-state index contributed by atoms with van der Waals surface area (Å²) in [4.78, 5) is 17.4. The second kappa shape index (κ2) is 7.46. The molecule has 0 spiro atoms. The van der Waals surface area contributed by atoms with E-state index in [-0.39, 0.29) is 13.2 Å². The Kier molecular flexibility index (Phi) is 4.87. The van der Waals surface area contributed by atoms with Crippen molar-refractivity contribution in [1.29, 1.82) is 0 Å². The first-order chi connectivity index (χ1) is 13.1. The topological polar surface area (TPSA) is 62.7 Å². The third kappa shape index (κ3) is 3.70. The first-order valence-corrected chi connectivity index (χ1v) is 9.38. The maximum Gasteiger partial charge on any atom is 0.414 e. The summed E-state index contributed by atoms with van der Waals surface area (Å²) in [6.45, 7) is -0.0459. The predicted octanol–water partition coefficient (Wildman–Crippen LogP) is 3.86. The maximum absolute atomic E-state index is 14.7. The van der Waals surface area contributed by atoms with E-state index >= 15 is 0 Å². The first kappa shape index (κ1) is 17.6. The number of aliphatic hydroxyl groups is 1. The van der Waals surface area contributed by atoms with Crippen molar-refractivity contribution < 1.29 is 19.0 Å². The van der Waals surface area contributed by atoms with Gasteiger partial charge >= 0.3 is 6.09 Å². The quantitative estimate of drug-likeness (QED) is 0.726. The van der Waals surface area contributed by atoms with Crippen molar-refractivity contribution in [2.24, 2.45) is 0 Å². The molecule has 2 aromatic carbocycles. The van der Waals surface area contributed by atoms with Gasteiger partial charge in [0.05, 0.1) is 23.8 Å². The van der Waals surface area contributed by atoms with Gasteiger partial charge in [0.2, 0.25) is 0 Å². The number of nitrogens with zero attached hydrogens (tertiary/aromatic N) is 2. The summed E-state index contributed by atoms with van der Waals surface area (Å²) in [5.74, 6) is -0.416. The van der Waals surface area contributed by atoms with Gasteiger partial charge in [-0.05, 0) is 29.3 Å². The number of carbonyl (C=O) groups is 1. The van der Waals surface area contributed by atoms with E-state index in [1.54, 1.807) is 29.7 Å². The number of cyclic esters (lactones) is 1. The molecule has 1 N–H and O–H groups in total. The third-order valence-electron chi connectivity index (χ3n) is 4.45. The largest absolute Gasteiger partial charge is 0.441 e. The fraction of sp³-hybridized carbons (Fsp3) is 0.200. The number of thiazole rings is 1. The molecule has 0 radical (unpaired) electrons. The highest BCUT2D eigenvalue weighted by atomic mass is 32.1. The molecular formula is C20H17FN2O3S. The summed E-state index contributed by atoms with van der Waals surface area (Å²) in [6.07, 6.45) is 1.38. The van der Waals surface area contributed by atoms with Gasteiger partial charge in [-0.3, -0.25) is 4.90 Å². The van der Waals surface area contributed by atoms with Crippen LogP contribution in [0.25, 0.3) is 11.1 Å². The monoisotopic (exact) mass is 384 g/mol. The Morgan fingerprint density at radius 2 is 2.07 bits per heavy atom. The Morgan fingerprint density at radius 1 is 1.26 bits per heavy atom. The van der Waals surface area contributed by atoms with Crippen molar-refractivity contribution in [3.63, 3.8) is 0 Å². The van der Waals surface area contributed by atoms with Crippen LogP contribution in [0.3, 0.4) is 0 Å². The minimum Gasteiger partial charge on any atom is -0.441 e. The molecule has 4 rings (SSSR count). The van der Waals surface area contributed by atoms with Crippen molar-refractivity contribution in [2.45, 2.75) is 12.5 Å². The van der Waals surface area contributed by atoms with Gasteiger partial charge in [-0.2, -0.15) is 0 Å². The van der Waals surface area contributed by atoms with Gasteiger partial charge in [0.1, 0.15) is 11.9 Å². The minimum absolute atomic E-state index is 0.208. The highest BCUT2D eigenvalue weighted by molar-refractivity contribution is 7.09. The molecule has 138 valence electrons. The highest BCUT2D eigenvalue weighted by Gasteiger charge is 2.32. The summed E-state index contributed by atoms with van der Waals surface area (Å²) < 4.78 is 19.7. The lowest BCUT2D eigenvalue weighted by molar-refractivity contribution is 0.0963. The van der Waals surface area contributed by atoms with Crippen LogP contribution in [0.1, 0.15) is 10.6 Å². The van der Waals surface area contributed by atoms with Gasteiger partial charge in [0, 0.05) is 23.6 Å². The molecule has 1 saturated heterocycles. The molecule has 0 bridgehead atoms. The molecule has 0 saturated carbocycles. The van der Waals surface area contributed by atoms with E-state index in [1.807, 2.05) is 29.6 Å². The number of halogens is 1. The summed E-state index contributed by atoms with van der Waals surface area (Å²) in [5, 5.41) is 12.1. The number of aliphatic hydroxyl groups excluding tert-OH is 1. The number of carbonyl (C=O) groups excluding carboxylic acids is 1. The van der Waals surface area contributed by atoms with Crippen LogP contribution in [0.4, 0.5) is 14.9 Å². The standard InChI is InChI=1S/C20H17FN2O3S/c21-18-10-15(23-11-16(12-24)26-20(23)25)5-6-17(18)14-3-1-13(2-4-14)9-19-22-7-8-27-19/h1-8,10,16,24H,9,11-12H2/t16-/m1/s1. The number of amides is 1. The Morgan fingerprint density at radius 3 is 2.70 bits per heavy atom. The average molecular weight is 384 g/mol. The number of hydrogen-bond acceptors (Lipinski definition) is 5. The lowest BCUT2D eigenvalue weighted by Gasteiger charge is -2.14. The Labute approximate surface area is 159 Å². The molecule has 27 heavy (non-hydrogen) atoms. The fourth-order valence-corrected chi connectivity index (χ4v) is 3.70. The van der Waals surface area contributed by atoms with Crippen molar-refractivity contribution in [3.8, 4) is 11.1 Å². The van der Waals surface area contributed by atoms with E-state index in [4.69, 9.17) is 9.84 Å². The minimum atomic E-state index is -0.578. The molecule has 1 amide bonds. The molecule has 1 aromatic heterocycles. The smallest absolute Gasteiger partial charge is 0.414 e. The normalized spacial score (nSPS) is 16.6. The molecule has 0 aliphatic carbocycles. The molecule has 1 aliphatic rings. The molecule has 3 aromatic rings. The van der Waals surface area contributed by atoms with E-state index in [0.29, 0.717) is 11.3 Å². The number of anilines is 1. The average Bonchev–Trinajstić information content (AvgIpc) is 3.32.